The average molecular weight is 376 g/mol. The molecule has 0 spiro atoms. The van der Waals surface area contributed by atoms with Crippen molar-refractivity contribution in [1.82, 2.24) is 0 Å². The van der Waals surface area contributed by atoms with Crippen molar-refractivity contribution in [2.45, 2.75) is 11.1 Å². The number of carboxylic acid groups (broad SMARTS) is 1. The molecule has 1 heterocycles. The van der Waals surface area contributed by atoms with Crippen LogP contribution in [-0.2, 0) is 10.0 Å². The van der Waals surface area contributed by atoms with Crippen molar-refractivity contribution in [3.63, 3.8) is 0 Å². The molecule has 106 valence electrons. The van der Waals surface area contributed by atoms with E-state index in [1.165, 1.54) is 24.3 Å². The number of aromatic carboxylic acids is 1. The summed E-state index contributed by atoms with van der Waals surface area (Å²) in [6.07, 6.45) is 0. The van der Waals surface area contributed by atoms with Gasteiger partial charge in [-0.3, -0.25) is 4.72 Å². The Hall–Kier alpha value is -1.38. The molecule has 1 aromatic carbocycles. The molecule has 0 aliphatic heterocycles. The van der Waals surface area contributed by atoms with Crippen LogP contribution in [0.2, 0.25) is 0 Å². The van der Waals surface area contributed by atoms with Crippen LogP contribution in [0, 0.1) is 6.92 Å². The zero-order valence-corrected chi connectivity index (χ0v) is 13.5. The Balaban J connectivity index is 2.44. The molecule has 0 saturated carbocycles. The van der Waals surface area contributed by atoms with Crippen LogP contribution in [0.4, 0.5) is 5.69 Å². The second-order valence-corrected chi connectivity index (χ2v) is 8.08. The summed E-state index contributed by atoms with van der Waals surface area (Å²) in [5, 5.41) is 9.08. The molecule has 0 atom stereocenters. The number of hydrogen-bond acceptors (Lipinski definition) is 4. The van der Waals surface area contributed by atoms with E-state index in [0.29, 0.717) is 4.47 Å². The third kappa shape index (κ3) is 3.20. The number of carboxylic acids is 1. The van der Waals surface area contributed by atoms with Crippen LogP contribution in [0.15, 0.2) is 39.0 Å². The summed E-state index contributed by atoms with van der Waals surface area (Å²) in [6, 6.07) is 7.47. The molecule has 0 unspecified atom stereocenters. The molecule has 8 heteroatoms. The van der Waals surface area contributed by atoms with Gasteiger partial charge in [-0.05, 0) is 37.3 Å². The van der Waals surface area contributed by atoms with Crippen molar-refractivity contribution < 1.29 is 18.3 Å². The van der Waals surface area contributed by atoms with Crippen molar-refractivity contribution >= 4 is 48.9 Å². The predicted octanol–water partition coefficient (Wildman–Crippen LogP) is 3.32. The molecule has 5 nitrogen and oxygen atoms in total. The van der Waals surface area contributed by atoms with Gasteiger partial charge < -0.3 is 5.11 Å². The van der Waals surface area contributed by atoms with Gasteiger partial charge in [-0.1, -0.05) is 15.9 Å². The summed E-state index contributed by atoms with van der Waals surface area (Å²) in [4.78, 5) is 12.0. The molecule has 2 N–H and O–H groups in total. The van der Waals surface area contributed by atoms with Gasteiger partial charge in [0.15, 0.2) is 0 Å². The van der Waals surface area contributed by atoms with E-state index >= 15 is 0 Å². The lowest BCUT2D eigenvalue weighted by Gasteiger charge is -2.09. The maximum Gasteiger partial charge on any atom is 0.337 e. The highest BCUT2D eigenvalue weighted by molar-refractivity contribution is 9.10. The lowest BCUT2D eigenvalue weighted by Crippen LogP contribution is -2.14. The molecular formula is C12H10BrNO4S2. The van der Waals surface area contributed by atoms with Crippen LogP contribution in [0.5, 0.6) is 0 Å². The number of benzene rings is 1. The first-order valence-electron chi connectivity index (χ1n) is 5.42. The van der Waals surface area contributed by atoms with Crippen molar-refractivity contribution in [3.05, 3.63) is 45.2 Å². The second-order valence-electron chi connectivity index (χ2n) is 3.97. The minimum absolute atomic E-state index is 0.0259. The van der Waals surface area contributed by atoms with E-state index in [1.807, 2.05) is 0 Å². The Morgan fingerprint density at radius 1 is 1.30 bits per heavy atom. The predicted molar refractivity (Wildman–Crippen MR) is 81.0 cm³/mol. The lowest BCUT2D eigenvalue weighted by atomic mass is 10.2. The number of hydrogen-bond donors (Lipinski definition) is 2. The smallest absolute Gasteiger partial charge is 0.337 e. The van der Waals surface area contributed by atoms with Gasteiger partial charge in [-0.2, -0.15) is 0 Å². The lowest BCUT2D eigenvalue weighted by molar-refractivity contribution is 0.0698. The molecule has 0 bridgehead atoms. The quantitative estimate of drug-likeness (QED) is 0.858. The van der Waals surface area contributed by atoms with E-state index in [1.54, 1.807) is 13.0 Å². The van der Waals surface area contributed by atoms with Crippen molar-refractivity contribution in [3.8, 4) is 0 Å². The van der Waals surface area contributed by atoms with Crippen LogP contribution >= 0.6 is 27.3 Å². The molecule has 2 rings (SSSR count). The number of aryl methyl sites for hydroxylation is 1. The monoisotopic (exact) mass is 375 g/mol. The van der Waals surface area contributed by atoms with Crippen LogP contribution in [-0.4, -0.2) is 19.5 Å². The molecule has 0 fully saturated rings. The number of nitrogens with one attached hydrogen (secondary N) is 1. The fourth-order valence-corrected chi connectivity index (χ4v) is 4.25. The molecule has 0 radical (unpaired) electrons. The van der Waals surface area contributed by atoms with Crippen LogP contribution in [0.25, 0.3) is 0 Å². The average Bonchev–Trinajstić information content (AvgIpc) is 2.75. The molecule has 20 heavy (non-hydrogen) atoms. The van der Waals surface area contributed by atoms with E-state index in [0.717, 1.165) is 16.2 Å². The van der Waals surface area contributed by atoms with Crippen molar-refractivity contribution in [2.24, 2.45) is 0 Å². The van der Waals surface area contributed by atoms with Crippen molar-refractivity contribution in [1.29, 1.82) is 0 Å². The Morgan fingerprint density at radius 2 is 2.00 bits per heavy atom. The van der Waals surface area contributed by atoms with Gasteiger partial charge in [0.25, 0.3) is 10.0 Å². The van der Waals surface area contributed by atoms with Crippen LogP contribution in [0.1, 0.15) is 15.2 Å². The Labute approximate surface area is 128 Å². The number of halogens is 1. The third-order valence-corrected chi connectivity index (χ3v) is 5.79. The van der Waals surface area contributed by atoms with E-state index in [4.69, 9.17) is 5.11 Å². The zero-order chi connectivity index (χ0) is 14.9. The van der Waals surface area contributed by atoms with Gasteiger partial charge in [-0.25, -0.2) is 13.2 Å². The summed E-state index contributed by atoms with van der Waals surface area (Å²) in [5.74, 6) is -1.20. The van der Waals surface area contributed by atoms with Gasteiger partial charge in [0.1, 0.15) is 4.21 Å². The first kappa shape index (κ1) is 15.0. The van der Waals surface area contributed by atoms with Gasteiger partial charge in [0, 0.05) is 9.35 Å². The van der Waals surface area contributed by atoms with Gasteiger partial charge in [0.2, 0.25) is 0 Å². The number of sulfonamides is 1. The summed E-state index contributed by atoms with van der Waals surface area (Å²) in [6.45, 7) is 1.80. The van der Waals surface area contributed by atoms with Crippen molar-refractivity contribution in [2.75, 3.05) is 4.72 Å². The Morgan fingerprint density at radius 3 is 2.55 bits per heavy atom. The molecule has 0 saturated heterocycles. The summed E-state index contributed by atoms with van der Waals surface area (Å²) < 4.78 is 27.4. The van der Waals surface area contributed by atoms with Gasteiger partial charge >= 0.3 is 5.97 Å². The fourth-order valence-electron chi connectivity index (χ4n) is 1.54. The van der Waals surface area contributed by atoms with E-state index in [9.17, 15) is 13.2 Å². The minimum atomic E-state index is -3.78. The number of anilines is 1. The first-order chi connectivity index (χ1) is 9.29. The zero-order valence-electron chi connectivity index (χ0n) is 10.3. The highest BCUT2D eigenvalue weighted by atomic mass is 79.9. The fraction of sp³-hybridized carbons (Fsp3) is 0.0833. The number of thiophene rings is 1. The Bertz CT molecular complexity index is 768. The molecular weight excluding hydrogens is 366 g/mol. The summed E-state index contributed by atoms with van der Waals surface area (Å²) in [5.41, 5.74) is -0.0806. The van der Waals surface area contributed by atoms with E-state index < -0.39 is 16.0 Å². The highest BCUT2D eigenvalue weighted by Gasteiger charge is 2.20. The van der Waals surface area contributed by atoms with Gasteiger partial charge in [0.05, 0.1) is 11.3 Å². The standard InChI is InChI=1S/C12H10BrNO4S2/c1-7-2-5-11(19-7)20(17,18)14-10-6-8(13)3-4-9(10)12(15)16/h2-6,14H,1H3,(H,15,16). The topological polar surface area (TPSA) is 83.5 Å². The molecule has 1 aromatic heterocycles. The van der Waals surface area contributed by atoms with Crippen LogP contribution < -0.4 is 4.72 Å². The van der Waals surface area contributed by atoms with E-state index in [2.05, 4.69) is 20.7 Å². The molecule has 2 aromatic rings. The third-order valence-electron chi connectivity index (χ3n) is 2.44. The first-order valence-corrected chi connectivity index (χ1v) is 8.51. The number of rotatable bonds is 4. The maximum absolute atomic E-state index is 12.2. The van der Waals surface area contributed by atoms with Crippen LogP contribution in [0.3, 0.4) is 0 Å². The SMILES string of the molecule is Cc1ccc(S(=O)(=O)Nc2cc(Br)ccc2C(=O)O)s1. The van der Waals surface area contributed by atoms with E-state index in [-0.39, 0.29) is 15.5 Å². The number of carbonyl (C=O) groups is 1. The van der Waals surface area contributed by atoms with Gasteiger partial charge in [-0.15, -0.1) is 11.3 Å². The summed E-state index contributed by atoms with van der Waals surface area (Å²) >= 11 is 4.31. The maximum atomic E-state index is 12.2. The highest BCUT2D eigenvalue weighted by Crippen LogP contribution is 2.27. The largest absolute Gasteiger partial charge is 0.478 e. The normalized spacial score (nSPS) is 11.3. The molecule has 0 aliphatic rings. The minimum Gasteiger partial charge on any atom is -0.478 e. The molecule has 0 aliphatic carbocycles. The Kier molecular flexibility index (Phi) is 4.17. The second kappa shape index (κ2) is 5.55. The molecule has 0 amide bonds. The summed E-state index contributed by atoms with van der Waals surface area (Å²) in [7, 11) is -3.78.